The zero-order valence-corrected chi connectivity index (χ0v) is 10.2. The van der Waals surface area contributed by atoms with Crippen molar-refractivity contribution >= 4 is 17.3 Å². The average Bonchev–Trinajstić information content (AvgIpc) is 2.51. The van der Waals surface area contributed by atoms with E-state index in [1.54, 1.807) is 11.3 Å². The molecule has 0 aliphatic rings. The molecule has 84 valence electrons. The van der Waals surface area contributed by atoms with Gasteiger partial charge in [-0.1, -0.05) is 6.92 Å². The molecule has 0 aromatic carbocycles. The minimum atomic E-state index is -0.742. The molecule has 1 heterocycles. The van der Waals surface area contributed by atoms with Gasteiger partial charge in [0.1, 0.15) is 6.04 Å². The van der Waals surface area contributed by atoms with Crippen LogP contribution in [0.3, 0.4) is 0 Å². The van der Waals surface area contributed by atoms with Crippen molar-refractivity contribution in [2.24, 2.45) is 0 Å². The summed E-state index contributed by atoms with van der Waals surface area (Å²) in [5, 5.41) is 8.99. The van der Waals surface area contributed by atoms with E-state index in [2.05, 4.69) is 19.1 Å². The lowest BCUT2D eigenvalue weighted by molar-refractivity contribution is -0.143. The van der Waals surface area contributed by atoms with Gasteiger partial charge >= 0.3 is 5.97 Å². The second-order valence-corrected chi connectivity index (χ2v) is 5.06. The molecule has 1 unspecified atom stereocenters. The monoisotopic (exact) mass is 227 g/mol. The van der Waals surface area contributed by atoms with Crippen LogP contribution in [0.5, 0.6) is 0 Å². The maximum atomic E-state index is 10.9. The lowest BCUT2D eigenvalue weighted by atomic mass is 10.2. The topological polar surface area (TPSA) is 40.5 Å². The molecule has 1 aromatic rings. The highest BCUT2D eigenvalue weighted by atomic mass is 32.1. The Labute approximate surface area is 94.3 Å². The molecule has 4 heteroatoms. The van der Waals surface area contributed by atoms with E-state index in [0.717, 1.165) is 0 Å². The molecular formula is C11H17NO2S. The third kappa shape index (κ3) is 3.32. The molecule has 1 rings (SSSR count). The molecule has 3 nitrogen and oxygen atoms in total. The van der Waals surface area contributed by atoms with Gasteiger partial charge in [-0.3, -0.25) is 9.69 Å². The highest BCUT2D eigenvalue weighted by Gasteiger charge is 2.20. The number of aliphatic carboxylic acids is 1. The first-order valence-electron chi connectivity index (χ1n) is 5.03. The fourth-order valence-electron chi connectivity index (χ4n) is 1.60. The van der Waals surface area contributed by atoms with Gasteiger partial charge in [0, 0.05) is 16.3 Å². The summed E-state index contributed by atoms with van der Waals surface area (Å²) in [7, 11) is 1.86. The lowest BCUT2D eigenvalue weighted by Gasteiger charge is -2.22. The molecule has 0 spiro atoms. The molecule has 0 amide bonds. The Morgan fingerprint density at radius 1 is 1.60 bits per heavy atom. The van der Waals surface area contributed by atoms with Crippen LogP contribution in [0.1, 0.15) is 23.1 Å². The second-order valence-electron chi connectivity index (χ2n) is 3.69. The van der Waals surface area contributed by atoms with Crippen molar-refractivity contribution in [3.05, 3.63) is 21.9 Å². The van der Waals surface area contributed by atoms with Gasteiger partial charge in [0.15, 0.2) is 0 Å². The quantitative estimate of drug-likeness (QED) is 0.839. The van der Waals surface area contributed by atoms with Gasteiger partial charge in [-0.05, 0) is 32.5 Å². The molecule has 1 atom stereocenters. The molecule has 1 N–H and O–H groups in total. The van der Waals surface area contributed by atoms with Crippen LogP contribution in [-0.2, 0) is 11.3 Å². The van der Waals surface area contributed by atoms with Crippen molar-refractivity contribution in [1.29, 1.82) is 0 Å². The molecule has 0 saturated heterocycles. The average molecular weight is 227 g/mol. The first-order chi connectivity index (χ1) is 7.04. The number of likely N-dealkylation sites (N-methyl/N-ethyl adjacent to an activating group) is 1. The van der Waals surface area contributed by atoms with Gasteiger partial charge in [0.2, 0.25) is 0 Å². The summed E-state index contributed by atoms with van der Waals surface area (Å²) >= 11 is 1.72. The summed E-state index contributed by atoms with van der Waals surface area (Å²) in [5.41, 5.74) is 0. The van der Waals surface area contributed by atoms with Gasteiger partial charge in [0.25, 0.3) is 0 Å². The van der Waals surface area contributed by atoms with Crippen LogP contribution in [0.15, 0.2) is 12.1 Å². The highest BCUT2D eigenvalue weighted by molar-refractivity contribution is 7.11. The van der Waals surface area contributed by atoms with Crippen molar-refractivity contribution in [3.63, 3.8) is 0 Å². The van der Waals surface area contributed by atoms with Crippen LogP contribution >= 0.6 is 11.3 Å². The second kappa shape index (κ2) is 5.28. The Bertz CT molecular complexity index is 335. The molecule has 0 saturated carbocycles. The van der Waals surface area contributed by atoms with Gasteiger partial charge in [0.05, 0.1) is 0 Å². The summed E-state index contributed by atoms with van der Waals surface area (Å²) < 4.78 is 0. The van der Waals surface area contributed by atoms with Gasteiger partial charge in [-0.25, -0.2) is 0 Å². The third-order valence-electron chi connectivity index (χ3n) is 2.41. The predicted molar refractivity (Wildman–Crippen MR) is 62.2 cm³/mol. The number of thiophene rings is 1. The number of rotatable bonds is 5. The van der Waals surface area contributed by atoms with Crippen LogP contribution < -0.4 is 0 Å². The lowest BCUT2D eigenvalue weighted by Crippen LogP contribution is -2.37. The normalized spacial score (nSPS) is 13.1. The molecule has 0 aliphatic carbocycles. The summed E-state index contributed by atoms with van der Waals surface area (Å²) in [4.78, 5) is 15.3. The Morgan fingerprint density at radius 3 is 2.67 bits per heavy atom. The Hall–Kier alpha value is -0.870. The molecule has 0 bridgehead atoms. The van der Waals surface area contributed by atoms with Crippen molar-refractivity contribution in [2.45, 2.75) is 32.9 Å². The Morgan fingerprint density at radius 2 is 2.27 bits per heavy atom. The van der Waals surface area contributed by atoms with Gasteiger partial charge in [-0.2, -0.15) is 0 Å². The summed E-state index contributed by atoms with van der Waals surface area (Å²) in [6.45, 7) is 4.67. The van der Waals surface area contributed by atoms with Gasteiger partial charge < -0.3 is 5.11 Å². The Kier molecular flexibility index (Phi) is 4.29. The van der Waals surface area contributed by atoms with Crippen molar-refractivity contribution in [1.82, 2.24) is 4.90 Å². The smallest absolute Gasteiger partial charge is 0.320 e. The van der Waals surface area contributed by atoms with E-state index in [0.29, 0.717) is 13.0 Å². The minimum Gasteiger partial charge on any atom is -0.480 e. The van der Waals surface area contributed by atoms with Crippen LogP contribution in [0.25, 0.3) is 0 Å². The van der Waals surface area contributed by atoms with Crippen LogP contribution in [0.2, 0.25) is 0 Å². The van der Waals surface area contributed by atoms with Crippen LogP contribution in [0, 0.1) is 6.92 Å². The fourth-order valence-corrected chi connectivity index (χ4v) is 2.55. The number of carboxylic acid groups (broad SMARTS) is 1. The number of aryl methyl sites for hydroxylation is 1. The van der Waals surface area contributed by atoms with E-state index >= 15 is 0 Å². The van der Waals surface area contributed by atoms with Crippen molar-refractivity contribution in [3.8, 4) is 0 Å². The van der Waals surface area contributed by atoms with E-state index in [4.69, 9.17) is 5.11 Å². The summed E-state index contributed by atoms with van der Waals surface area (Å²) in [6, 6.07) is 3.74. The molecular weight excluding hydrogens is 210 g/mol. The van der Waals surface area contributed by atoms with Crippen LogP contribution in [0.4, 0.5) is 0 Å². The Balaban J connectivity index is 2.61. The highest BCUT2D eigenvalue weighted by Crippen LogP contribution is 2.18. The summed E-state index contributed by atoms with van der Waals surface area (Å²) in [6.07, 6.45) is 0.635. The maximum absolute atomic E-state index is 10.9. The molecule has 0 fully saturated rings. The summed E-state index contributed by atoms with van der Waals surface area (Å²) in [5.74, 6) is -0.742. The number of carboxylic acids is 1. The molecule has 0 radical (unpaired) electrons. The first-order valence-corrected chi connectivity index (χ1v) is 5.84. The zero-order valence-electron chi connectivity index (χ0n) is 9.36. The van der Waals surface area contributed by atoms with E-state index in [1.807, 2.05) is 18.9 Å². The van der Waals surface area contributed by atoms with E-state index in [-0.39, 0.29) is 6.04 Å². The number of nitrogens with zero attached hydrogens (tertiary/aromatic N) is 1. The number of carbonyl (C=O) groups is 1. The van der Waals surface area contributed by atoms with Gasteiger partial charge in [-0.15, -0.1) is 11.3 Å². The molecule has 1 aromatic heterocycles. The third-order valence-corrected chi connectivity index (χ3v) is 3.39. The predicted octanol–water partition coefficient (Wildman–Crippen LogP) is 2.35. The van der Waals surface area contributed by atoms with Crippen LogP contribution in [-0.4, -0.2) is 29.1 Å². The first kappa shape index (κ1) is 12.2. The minimum absolute atomic E-state index is 0.382. The number of hydrogen-bond donors (Lipinski definition) is 1. The molecule has 0 aliphatic heterocycles. The van der Waals surface area contributed by atoms with E-state index in [1.165, 1.54) is 9.75 Å². The van der Waals surface area contributed by atoms with Crippen molar-refractivity contribution < 1.29 is 9.90 Å². The number of hydrogen-bond acceptors (Lipinski definition) is 3. The maximum Gasteiger partial charge on any atom is 0.320 e. The van der Waals surface area contributed by atoms with E-state index < -0.39 is 5.97 Å². The van der Waals surface area contributed by atoms with Crippen molar-refractivity contribution in [2.75, 3.05) is 7.05 Å². The van der Waals surface area contributed by atoms with E-state index in [9.17, 15) is 4.79 Å². The largest absolute Gasteiger partial charge is 0.480 e. The standard InChI is InChI=1S/C11H17NO2S/c1-4-10(11(13)14)12(3)7-9-6-5-8(2)15-9/h5-6,10H,4,7H2,1-3H3,(H,13,14). The fraction of sp³-hybridized carbons (Fsp3) is 0.545. The zero-order chi connectivity index (χ0) is 11.4. The SMILES string of the molecule is CCC(C(=O)O)N(C)Cc1ccc(C)s1. The molecule has 15 heavy (non-hydrogen) atoms.